The molecule has 1 radical (unpaired) electrons. The fraction of sp³-hybridized carbons (Fsp3) is 0.179. The van der Waals surface area contributed by atoms with Crippen LogP contribution in [0.4, 0.5) is 0 Å². The second-order valence-corrected chi connectivity index (χ2v) is 8.43. The summed E-state index contributed by atoms with van der Waals surface area (Å²) in [7, 11) is 0. The van der Waals surface area contributed by atoms with Crippen LogP contribution in [0, 0.1) is 18.9 Å². The van der Waals surface area contributed by atoms with Gasteiger partial charge in [0.2, 0.25) is 0 Å². The molecule has 0 saturated carbocycles. The summed E-state index contributed by atoms with van der Waals surface area (Å²) < 4.78 is 2.34. The number of imidazole rings is 1. The SMILES string of the molecule is Cc1ccc2c(ccc3nc(-c4[c-]cccc4)n(-c4ccccc4CC(C)C)c32)c1.[Ir]. The van der Waals surface area contributed by atoms with E-state index in [4.69, 9.17) is 4.98 Å². The molecule has 0 fully saturated rings. The molecule has 0 amide bonds. The van der Waals surface area contributed by atoms with E-state index in [1.165, 1.54) is 27.6 Å². The minimum atomic E-state index is 0. The Hall–Kier alpha value is -2.74. The van der Waals surface area contributed by atoms with Crippen LogP contribution in [-0.4, -0.2) is 9.55 Å². The second-order valence-electron chi connectivity index (χ2n) is 8.43. The third kappa shape index (κ3) is 3.96. The first-order valence-electron chi connectivity index (χ1n) is 10.6. The fourth-order valence-corrected chi connectivity index (χ4v) is 4.31. The van der Waals surface area contributed by atoms with E-state index in [0.717, 1.165) is 28.8 Å². The Balaban J connectivity index is 0.00000231. The van der Waals surface area contributed by atoms with Crippen molar-refractivity contribution >= 4 is 21.8 Å². The Morgan fingerprint density at radius 1 is 0.935 bits per heavy atom. The molecule has 0 spiro atoms. The number of rotatable bonds is 4. The molecular weight excluding hydrogens is 557 g/mol. The van der Waals surface area contributed by atoms with Crippen molar-refractivity contribution in [1.82, 2.24) is 9.55 Å². The average molecular weight is 582 g/mol. The molecule has 0 atom stereocenters. The van der Waals surface area contributed by atoms with Crippen LogP contribution in [0.3, 0.4) is 0 Å². The van der Waals surface area contributed by atoms with Gasteiger partial charge in [-0.1, -0.05) is 61.9 Å². The van der Waals surface area contributed by atoms with E-state index in [-0.39, 0.29) is 20.1 Å². The molecule has 0 aliphatic rings. The molecule has 3 heteroatoms. The molecule has 1 aromatic heterocycles. The van der Waals surface area contributed by atoms with E-state index >= 15 is 0 Å². The molecule has 0 bridgehead atoms. The van der Waals surface area contributed by atoms with Gasteiger partial charge in [0.05, 0.1) is 16.9 Å². The van der Waals surface area contributed by atoms with Crippen LogP contribution in [0.5, 0.6) is 0 Å². The van der Waals surface area contributed by atoms with Gasteiger partial charge in [0.1, 0.15) is 0 Å². The molecule has 0 N–H and O–H groups in total. The Kier molecular flexibility index (Phi) is 6.09. The van der Waals surface area contributed by atoms with Crippen molar-refractivity contribution in [3.63, 3.8) is 0 Å². The zero-order chi connectivity index (χ0) is 20.7. The summed E-state index contributed by atoms with van der Waals surface area (Å²) >= 11 is 0. The predicted octanol–water partition coefficient (Wildman–Crippen LogP) is 7.15. The fourth-order valence-electron chi connectivity index (χ4n) is 4.31. The van der Waals surface area contributed by atoms with Gasteiger partial charge in [-0.3, -0.25) is 4.98 Å². The third-order valence-electron chi connectivity index (χ3n) is 5.60. The van der Waals surface area contributed by atoms with Gasteiger partial charge in [0.25, 0.3) is 0 Å². The smallest absolute Gasteiger partial charge is 0.0781 e. The summed E-state index contributed by atoms with van der Waals surface area (Å²) in [6, 6.07) is 31.2. The molecule has 0 aliphatic carbocycles. The van der Waals surface area contributed by atoms with Crippen LogP contribution in [0.2, 0.25) is 0 Å². The van der Waals surface area contributed by atoms with Crippen molar-refractivity contribution in [2.45, 2.75) is 27.2 Å². The number of nitrogens with zero attached hydrogens (tertiary/aromatic N) is 2. The van der Waals surface area contributed by atoms with Crippen molar-refractivity contribution in [2.75, 3.05) is 0 Å². The zero-order valence-electron chi connectivity index (χ0n) is 18.0. The molecule has 0 saturated heterocycles. The minimum Gasteiger partial charge on any atom is -0.332 e. The standard InChI is InChI=1S/C28H25N2.Ir/c1-19(2)17-23-11-7-8-12-26(23)30-27-24-15-13-20(3)18-22(24)14-16-25(27)29-28(30)21-9-5-4-6-10-21;/h4-9,11-16,18-19H,17H2,1-3H3;/q-1;. The van der Waals surface area contributed by atoms with Crippen LogP contribution >= 0.6 is 0 Å². The number of hydrogen-bond donors (Lipinski definition) is 0. The van der Waals surface area contributed by atoms with E-state index in [2.05, 4.69) is 98.1 Å². The van der Waals surface area contributed by atoms with Gasteiger partial charge in [-0.15, -0.1) is 35.9 Å². The van der Waals surface area contributed by atoms with E-state index in [0.29, 0.717) is 5.92 Å². The minimum absolute atomic E-state index is 0. The van der Waals surface area contributed by atoms with E-state index in [1.807, 2.05) is 12.1 Å². The Labute approximate surface area is 197 Å². The van der Waals surface area contributed by atoms with Crippen molar-refractivity contribution in [3.05, 3.63) is 96.1 Å². The molecule has 0 unspecified atom stereocenters. The number of hydrogen-bond acceptors (Lipinski definition) is 1. The normalized spacial score (nSPS) is 11.2. The third-order valence-corrected chi connectivity index (χ3v) is 5.60. The number of fused-ring (bicyclic) bond motifs is 3. The number of aryl methyl sites for hydroxylation is 1. The molecule has 157 valence electrons. The maximum Gasteiger partial charge on any atom is 0.0781 e. The average Bonchev–Trinajstić information content (AvgIpc) is 3.14. The number of benzene rings is 4. The van der Waals surface area contributed by atoms with Crippen molar-refractivity contribution in [3.8, 4) is 17.1 Å². The van der Waals surface area contributed by atoms with Crippen LogP contribution in [0.1, 0.15) is 25.0 Å². The van der Waals surface area contributed by atoms with Crippen LogP contribution in [-0.2, 0) is 26.5 Å². The molecular formula is C28H25IrN2-. The van der Waals surface area contributed by atoms with Crippen LogP contribution in [0.25, 0.3) is 38.9 Å². The van der Waals surface area contributed by atoms with Crippen molar-refractivity contribution in [2.24, 2.45) is 5.92 Å². The number of para-hydroxylation sites is 1. The maximum absolute atomic E-state index is 5.08. The maximum atomic E-state index is 5.08. The first-order valence-corrected chi connectivity index (χ1v) is 10.6. The summed E-state index contributed by atoms with van der Waals surface area (Å²) in [5.41, 5.74) is 6.99. The van der Waals surface area contributed by atoms with Crippen LogP contribution < -0.4 is 0 Å². The second kappa shape index (κ2) is 8.78. The molecule has 5 rings (SSSR count). The molecule has 0 aliphatic heterocycles. The molecule has 1 heterocycles. The quantitative estimate of drug-likeness (QED) is 0.206. The summed E-state index contributed by atoms with van der Waals surface area (Å²) in [5.74, 6) is 1.52. The Bertz CT molecular complexity index is 1350. The summed E-state index contributed by atoms with van der Waals surface area (Å²) in [4.78, 5) is 5.08. The topological polar surface area (TPSA) is 17.8 Å². The Morgan fingerprint density at radius 2 is 1.74 bits per heavy atom. The van der Waals surface area contributed by atoms with Crippen molar-refractivity contribution < 1.29 is 20.1 Å². The molecule has 31 heavy (non-hydrogen) atoms. The molecule has 5 aromatic rings. The predicted molar refractivity (Wildman–Crippen MR) is 126 cm³/mol. The van der Waals surface area contributed by atoms with E-state index < -0.39 is 0 Å². The van der Waals surface area contributed by atoms with Gasteiger partial charge in [0, 0.05) is 31.2 Å². The zero-order valence-corrected chi connectivity index (χ0v) is 20.4. The first-order chi connectivity index (χ1) is 14.6. The van der Waals surface area contributed by atoms with Crippen molar-refractivity contribution in [1.29, 1.82) is 0 Å². The van der Waals surface area contributed by atoms with Crippen LogP contribution in [0.15, 0.2) is 78.9 Å². The summed E-state index contributed by atoms with van der Waals surface area (Å²) in [6.07, 6.45) is 1.03. The van der Waals surface area contributed by atoms with Gasteiger partial charge in [-0.05, 0) is 42.3 Å². The largest absolute Gasteiger partial charge is 0.332 e. The van der Waals surface area contributed by atoms with E-state index in [9.17, 15) is 0 Å². The first kappa shape index (κ1) is 21.5. The molecule has 4 aromatic carbocycles. The Morgan fingerprint density at radius 3 is 2.52 bits per heavy atom. The van der Waals surface area contributed by atoms with Gasteiger partial charge in [-0.25, -0.2) is 0 Å². The van der Waals surface area contributed by atoms with Gasteiger partial charge in [0.15, 0.2) is 0 Å². The number of aromatic nitrogens is 2. The molecule has 2 nitrogen and oxygen atoms in total. The van der Waals surface area contributed by atoms with Gasteiger partial charge >= 0.3 is 0 Å². The summed E-state index contributed by atoms with van der Waals surface area (Å²) in [6.45, 7) is 6.68. The van der Waals surface area contributed by atoms with Gasteiger partial charge < -0.3 is 4.57 Å². The van der Waals surface area contributed by atoms with E-state index in [1.54, 1.807) is 0 Å². The summed E-state index contributed by atoms with van der Waals surface area (Å²) in [5, 5.41) is 2.47. The monoisotopic (exact) mass is 582 g/mol. The van der Waals surface area contributed by atoms with Gasteiger partial charge in [-0.2, -0.15) is 0 Å².